The first kappa shape index (κ1) is 18.5. The quantitative estimate of drug-likeness (QED) is 0.648. The molecule has 138 valence electrons. The van der Waals surface area contributed by atoms with Crippen molar-refractivity contribution in [1.29, 1.82) is 0 Å². The molecular formula is C18H15ClN4O4. The fourth-order valence-corrected chi connectivity index (χ4v) is 2.52. The fraction of sp³-hybridized carbons (Fsp3) is 0.167. The number of carbonyl (C=O) groups excluding carboxylic acids is 2. The van der Waals surface area contributed by atoms with E-state index in [2.05, 4.69) is 20.3 Å². The van der Waals surface area contributed by atoms with E-state index in [4.69, 9.17) is 16.3 Å². The number of amides is 1. The van der Waals surface area contributed by atoms with Crippen LogP contribution in [-0.4, -0.2) is 33.4 Å². The molecule has 2 N–H and O–H groups in total. The lowest BCUT2D eigenvalue weighted by Gasteiger charge is -2.13. The Bertz CT molecular complexity index is 1070. The SMILES string of the molecule is C[C@H](OC(=O)CNC(=O)c1cc(Cl)ccn1)c1nc2ccccc2c(=O)[nH]1. The predicted molar refractivity (Wildman–Crippen MR) is 98.5 cm³/mol. The molecule has 1 amide bonds. The minimum Gasteiger partial charge on any atom is -0.453 e. The van der Waals surface area contributed by atoms with Crippen molar-refractivity contribution < 1.29 is 14.3 Å². The third-order valence-electron chi connectivity index (χ3n) is 3.67. The number of H-pyrrole nitrogens is 1. The number of rotatable bonds is 5. The van der Waals surface area contributed by atoms with Gasteiger partial charge in [-0.05, 0) is 31.2 Å². The zero-order valence-corrected chi connectivity index (χ0v) is 15.0. The zero-order valence-electron chi connectivity index (χ0n) is 14.2. The van der Waals surface area contributed by atoms with Crippen LogP contribution in [0.2, 0.25) is 5.02 Å². The van der Waals surface area contributed by atoms with Gasteiger partial charge in [-0.2, -0.15) is 0 Å². The second-order valence-electron chi connectivity index (χ2n) is 5.64. The number of hydrogen-bond donors (Lipinski definition) is 2. The van der Waals surface area contributed by atoms with Gasteiger partial charge in [0.05, 0.1) is 10.9 Å². The molecule has 8 nitrogen and oxygen atoms in total. The maximum absolute atomic E-state index is 12.1. The van der Waals surface area contributed by atoms with E-state index < -0.39 is 18.0 Å². The first-order valence-corrected chi connectivity index (χ1v) is 8.40. The number of halogens is 1. The van der Waals surface area contributed by atoms with E-state index in [-0.39, 0.29) is 23.6 Å². The summed E-state index contributed by atoms with van der Waals surface area (Å²) in [7, 11) is 0. The molecule has 1 atom stereocenters. The second kappa shape index (κ2) is 7.96. The highest BCUT2D eigenvalue weighted by Crippen LogP contribution is 2.14. The number of carbonyl (C=O) groups is 2. The van der Waals surface area contributed by atoms with E-state index in [0.29, 0.717) is 15.9 Å². The van der Waals surface area contributed by atoms with Crippen LogP contribution in [0.5, 0.6) is 0 Å². The van der Waals surface area contributed by atoms with Crippen LogP contribution >= 0.6 is 11.6 Å². The predicted octanol–water partition coefficient (Wildman–Crippen LogP) is 2.01. The minimum atomic E-state index is -0.795. The first-order valence-electron chi connectivity index (χ1n) is 8.02. The van der Waals surface area contributed by atoms with Crippen LogP contribution in [0.15, 0.2) is 47.4 Å². The molecular weight excluding hydrogens is 372 g/mol. The molecule has 3 rings (SSSR count). The van der Waals surface area contributed by atoms with Crippen LogP contribution in [0.4, 0.5) is 0 Å². The lowest BCUT2D eigenvalue weighted by Crippen LogP contribution is -2.31. The molecule has 9 heteroatoms. The van der Waals surface area contributed by atoms with Crippen LogP contribution in [0.25, 0.3) is 10.9 Å². The Kier molecular flexibility index (Phi) is 5.46. The zero-order chi connectivity index (χ0) is 19.4. The second-order valence-corrected chi connectivity index (χ2v) is 6.08. The van der Waals surface area contributed by atoms with Gasteiger partial charge >= 0.3 is 5.97 Å². The van der Waals surface area contributed by atoms with Crippen LogP contribution < -0.4 is 10.9 Å². The minimum absolute atomic E-state index is 0.0869. The van der Waals surface area contributed by atoms with Gasteiger partial charge < -0.3 is 15.0 Å². The Morgan fingerprint density at radius 2 is 2.07 bits per heavy atom. The van der Waals surface area contributed by atoms with E-state index >= 15 is 0 Å². The van der Waals surface area contributed by atoms with Gasteiger partial charge in [0.25, 0.3) is 11.5 Å². The van der Waals surface area contributed by atoms with Crippen molar-refractivity contribution in [2.75, 3.05) is 6.54 Å². The van der Waals surface area contributed by atoms with Gasteiger partial charge in [-0.3, -0.25) is 19.4 Å². The van der Waals surface area contributed by atoms with E-state index in [1.165, 1.54) is 18.3 Å². The van der Waals surface area contributed by atoms with Gasteiger partial charge in [0, 0.05) is 11.2 Å². The van der Waals surface area contributed by atoms with Crippen molar-refractivity contribution >= 4 is 34.4 Å². The largest absolute Gasteiger partial charge is 0.453 e. The number of hydrogen-bond acceptors (Lipinski definition) is 6. The Hall–Kier alpha value is -3.26. The summed E-state index contributed by atoms with van der Waals surface area (Å²) < 4.78 is 5.22. The van der Waals surface area contributed by atoms with Crippen molar-refractivity contribution in [2.45, 2.75) is 13.0 Å². The molecule has 0 saturated carbocycles. The number of ether oxygens (including phenoxy) is 1. The molecule has 0 fully saturated rings. The molecule has 1 aromatic carbocycles. The molecule has 0 aliphatic heterocycles. The summed E-state index contributed by atoms with van der Waals surface area (Å²) >= 11 is 5.79. The molecule has 0 radical (unpaired) electrons. The van der Waals surface area contributed by atoms with Gasteiger partial charge in [0.1, 0.15) is 12.2 Å². The van der Waals surface area contributed by atoms with Crippen LogP contribution in [0.3, 0.4) is 0 Å². The number of nitrogens with zero attached hydrogens (tertiary/aromatic N) is 2. The van der Waals surface area contributed by atoms with E-state index in [9.17, 15) is 14.4 Å². The highest BCUT2D eigenvalue weighted by molar-refractivity contribution is 6.30. The average Bonchev–Trinajstić information content (AvgIpc) is 2.66. The third-order valence-corrected chi connectivity index (χ3v) is 3.91. The molecule has 0 saturated heterocycles. The summed E-state index contributed by atoms with van der Waals surface area (Å²) in [4.78, 5) is 46.8. The smallest absolute Gasteiger partial charge is 0.326 e. The molecule has 0 aliphatic rings. The number of aromatic amines is 1. The monoisotopic (exact) mass is 386 g/mol. The molecule has 0 spiro atoms. The third kappa shape index (κ3) is 4.48. The van der Waals surface area contributed by atoms with Crippen molar-refractivity contribution in [2.24, 2.45) is 0 Å². The van der Waals surface area contributed by atoms with Crippen LogP contribution in [-0.2, 0) is 9.53 Å². The number of benzene rings is 1. The van der Waals surface area contributed by atoms with Crippen molar-refractivity contribution in [3.05, 3.63) is 69.5 Å². The molecule has 27 heavy (non-hydrogen) atoms. The Morgan fingerprint density at radius 1 is 1.30 bits per heavy atom. The molecule has 0 unspecified atom stereocenters. The fourth-order valence-electron chi connectivity index (χ4n) is 2.36. The summed E-state index contributed by atoms with van der Waals surface area (Å²) in [5, 5.41) is 3.20. The van der Waals surface area contributed by atoms with Crippen LogP contribution in [0.1, 0.15) is 29.3 Å². The van der Waals surface area contributed by atoms with Gasteiger partial charge in [-0.25, -0.2) is 4.98 Å². The summed E-state index contributed by atoms with van der Waals surface area (Å²) in [5.41, 5.74) is 0.266. The van der Waals surface area contributed by atoms with Crippen molar-refractivity contribution in [1.82, 2.24) is 20.3 Å². The number of pyridine rings is 1. The molecule has 0 aliphatic carbocycles. The maximum Gasteiger partial charge on any atom is 0.326 e. The Morgan fingerprint density at radius 3 is 2.85 bits per heavy atom. The van der Waals surface area contributed by atoms with Crippen molar-refractivity contribution in [3.63, 3.8) is 0 Å². The van der Waals surface area contributed by atoms with E-state index in [1.54, 1.807) is 31.2 Å². The summed E-state index contributed by atoms with van der Waals surface area (Å²) in [6, 6.07) is 9.76. The van der Waals surface area contributed by atoms with Gasteiger partial charge in [-0.1, -0.05) is 23.7 Å². The Balaban J connectivity index is 1.62. The topological polar surface area (TPSA) is 114 Å². The van der Waals surface area contributed by atoms with Crippen molar-refractivity contribution in [3.8, 4) is 0 Å². The number of fused-ring (bicyclic) bond motifs is 1. The lowest BCUT2D eigenvalue weighted by molar-refractivity contribution is -0.147. The number of para-hydroxylation sites is 1. The first-order chi connectivity index (χ1) is 12.9. The number of esters is 1. The standard InChI is InChI=1S/C18H15ClN4O4/c1-10(16-22-13-5-3-2-4-12(13)17(25)23-16)27-15(24)9-21-18(26)14-8-11(19)6-7-20-14/h2-8,10H,9H2,1H3,(H,21,26)(H,22,23,25)/t10-/m0/s1. The Labute approximate surface area is 158 Å². The normalized spacial score (nSPS) is 11.8. The van der Waals surface area contributed by atoms with Gasteiger partial charge in [-0.15, -0.1) is 0 Å². The van der Waals surface area contributed by atoms with Crippen LogP contribution in [0, 0.1) is 0 Å². The summed E-state index contributed by atoms with van der Waals surface area (Å²) in [6.07, 6.45) is 0.593. The molecule has 2 aromatic heterocycles. The van der Waals surface area contributed by atoms with Gasteiger partial charge in [0.15, 0.2) is 11.9 Å². The van der Waals surface area contributed by atoms with E-state index in [0.717, 1.165) is 0 Å². The highest BCUT2D eigenvalue weighted by atomic mass is 35.5. The molecule has 0 bridgehead atoms. The summed E-state index contributed by atoms with van der Waals surface area (Å²) in [5.74, 6) is -1.03. The van der Waals surface area contributed by atoms with E-state index in [1.807, 2.05) is 0 Å². The average molecular weight is 387 g/mol. The number of nitrogens with one attached hydrogen (secondary N) is 2. The molecule has 3 aromatic rings. The van der Waals surface area contributed by atoms with Gasteiger partial charge in [0.2, 0.25) is 0 Å². The summed E-state index contributed by atoms with van der Waals surface area (Å²) in [6.45, 7) is 1.21. The molecule has 2 heterocycles. The number of aromatic nitrogens is 3. The highest BCUT2D eigenvalue weighted by Gasteiger charge is 2.17. The maximum atomic E-state index is 12.1. The lowest BCUT2D eigenvalue weighted by atomic mass is 10.2.